The second-order valence-electron chi connectivity index (χ2n) is 7.76. The summed E-state index contributed by atoms with van der Waals surface area (Å²) in [5.74, 6) is -0.0764. The first-order valence-electron chi connectivity index (χ1n) is 10.1. The number of nitrogens with one attached hydrogen (secondary N) is 1. The molecule has 5 nitrogen and oxygen atoms in total. The van der Waals surface area contributed by atoms with Crippen molar-refractivity contribution in [2.45, 2.75) is 38.8 Å². The molecule has 2 aliphatic heterocycles. The molecule has 0 bridgehead atoms. The molecule has 0 spiro atoms. The van der Waals surface area contributed by atoms with E-state index in [0.717, 1.165) is 38.0 Å². The largest absolute Gasteiger partial charge is 0.346 e. The second-order valence-corrected chi connectivity index (χ2v) is 7.76. The van der Waals surface area contributed by atoms with Gasteiger partial charge in [-0.05, 0) is 49.9 Å². The highest BCUT2D eigenvalue weighted by atomic mass is 16.2. The van der Waals surface area contributed by atoms with E-state index in [0.29, 0.717) is 6.54 Å². The first kappa shape index (κ1) is 18.7. The Morgan fingerprint density at radius 3 is 2.82 bits per heavy atom. The van der Waals surface area contributed by atoms with Gasteiger partial charge in [0.15, 0.2) is 0 Å². The Balaban J connectivity index is 1.33. The minimum absolute atomic E-state index is 0.0361. The Morgan fingerprint density at radius 1 is 1.11 bits per heavy atom. The lowest BCUT2D eigenvalue weighted by molar-refractivity contribution is -0.128. The monoisotopic (exact) mass is 377 g/mol. The third kappa shape index (κ3) is 3.94. The SMILES string of the molecule is Cc1cccc(CN2CCCC2C(=O)NCC(=O)N2CCc3ccccc32)c1. The number of hydrogen-bond acceptors (Lipinski definition) is 3. The van der Waals surface area contributed by atoms with Crippen molar-refractivity contribution in [3.63, 3.8) is 0 Å². The van der Waals surface area contributed by atoms with Crippen molar-refractivity contribution in [2.24, 2.45) is 0 Å². The zero-order chi connectivity index (χ0) is 19.5. The number of hydrogen-bond donors (Lipinski definition) is 1. The highest BCUT2D eigenvalue weighted by molar-refractivity contribution is 5.98. The van der Waals surface area contributed by atoms with Gasteiger partial charge in [0.1, 0.15) is 0 Å². The fraction of sp³-hybridized carbons (Fsp3) is 0.391. The fourth-order valence-electron chi connectivity index (χ4n) is 4.33. The minimum Gasteiger partial charge on any atom is -0.346 e. The molecule has 1 atom stereocenters. The third-order valence-electron chi connectivity index (χ3n) is 5.74. The van der Waals surface area contributed by atoms with E-state index < -0.39 is 0 Å². The second kappa shape index (κ2) is 8.15. The molecule has 2 aromatic rings. The predicted octanol–water partition coefficient (Wildman–Crippen LogP) is 2.66. The molecule has 28 heavy (non-hydrogen) atoms. The van der Waals surface area contributed by atoms with Gasteiger partial charge in [-0.25, -0.2) is 0 Å². The average Bonchev–Trinajstić information content (AvgIpc) is 3.33. The van der Waals surface area contributed by atoms with Crippen LogP contribution in [0.4, 0.5) is 5.69 Å². The third-order valence-corrected chi connectivity index (χ3v) is 5.74. The van der Waals surface area contributed by atoms with Gasteiger partial charge in [-0.2, -0.15) is 0 Å². The fourth-order valence-corrected chi connectivity index (χ4v) is 4.33. The number of carbonyl (C=O) groups excluding carboxylic acids is 2. The van der Waals surface area contributed by atoms with Crippen LogP contribution in [0.25, 0.3) is 0 Å². The topological polar surface area (TPSA) is 52.7 Å². The van der Waals surface area contributed by atoms with Crippen molar-refractivity contribution < 1.29 is 9.59 Å². The molecule has 0 aromatic heterocycles. The van der Waals surface area contributed by atoms with Crippen LogP contribution in [0.3, 0.4) is 0 Å². The van der Waals surface area contributed by atoms with Crippen LogP contribution >= 0.6 is 0 Å². The molecule has 0 aliphatic carbocycles. The summed E-state index contributed by atoms with van der Waals surface area (Å²) < 4.78 is 0. The van der Waals surface area contributed by atoms with Crippen molar-refractivity contribution in [1.29, 1.82) is 0 Å². The number of likely N-dealkylation sites (tertiary alicyclic amines) is 1. The lowest BCUT2D eigenvalue weighted by Crippen LogP contribution is -2.46. The summed E-state index contributed by atoms with van der Waals surface area (Å²) in [5.41, 5.74) is 4.63. The van der Waals surface area contributed by atoms with Crippen molar-refractivity contribution in [3.8, 4) is 0 Å². The van der Waals surface area contributed by atoms with Gasteiger partial charge in [-0.15, -0.1) is 0 Å². The quantitative estimate of drug-likeness (QED) is 0.872. The van der Waals surface area contributed by atoms with Crippen LogP contribution in [0, 0.1) is 6.92 Å². The Bertz CT molecular complexity index is 880. The maximum absolute atomic E-state index is 12.8. The molecule has 2 aliphatic rings. The zero-order valence-electron chi connectivity index (χ0n) is 16.4. The molecular weight excluding hydrogens is 350 g/mol. The van der Waals surface area contributed by atoms with Crippen LogP contribution in [0.1, 0.15) is 29.5 Å². The highest BCUT2D eigenvalue weighted by Gasteiger charge is 2.31. The van der Waals surface area contributed by atoms with Gasteiger partial charge in [0.2, 0.25) is 11.8 Å². The van der Waals surface area contributed by atoms with E-state index in [2.05, 4.69) is 47.5 Å². The number of fused-ring (bicyclic) bond motifs is 1. The molecule has 1 N–H and O–H groups in total. The Kier molecular flexibility index (Phi) is 5.44. The maximum Gasteiger partial charge on any atom is 0.246 e. The first-order chi connectivity index (χ1) is 13.6. The number of rotatable bonds is 5. The van der Waals surface area contributed by atoms with Gasteiger partial charge in [0.05, 0.1) is 12.6 Å². The van der Waals surface area contributed by atoms with Crippen molar-refractivity contribution in [2.75, 3.05) is 24.5 Å². The van der Waals surface area contributed by atoms with E-state index in [9.17, 15) is 9.59 Å². The summed E-state index contributed by atoms with van der Waals surface area (Å²) in [4.78, 5) is 29.4. The van der Waals surface area contributed by atoms with Crippen molar-refractivity contribution in [1.82, 2.24) is 10.2 Å². The van der Waals surface area contributed by atoms with E-state index in [-0.39, 0.29) is 24.4 Å². The molecule has 0 radical (unpaired) electrons. The van der Waals surface area contributed by atoms with Gasteiger partial charge >= 0.3 is 0 Å². The Labute approximate surface area is 166 Å². The van der Waals surface area contributed by atoms with Crippen LogP contribution in [-0.2, 0) is 22.6 Å². The molecule has 1 unspecified atom stereocenters. The summed E-state index contributed by atoms with van der Waals surface area (Å²) >= 11 is 0. The van der Waals surface area contributed by atoms with Gasteiger partial charge in [-0.1, -0.05) is 48.0 Å². The van der Waals surface area contributed by atoms with Gasteiger partial charge in [-0.3, -0.25) is 14.5 Å². The van der Waals surface area contributed by atoms with E-state index in [1.807, 2.05) is 18.2 Å². The molecule has 1 saturated heterocycles. The Morgan fingerprint density at radius 2 is 1.96 bits per heavy atom. The molecular formula is C23H27N3O2. The van der Waals surface area contributed by atoms with Gasteiger partial charge < -0.3 is 10.2 Å². The van der Waals surface area contributed by atoms with Gasteiger partial charge in [0.25, 0.3) is 0 Å². The summed E-state index contributed by atoms with van der Waals surface area (Å²) in [6.07, 6.45) is 2.73. The van der Waals surface area contributed by atoms with Crippen LogP contribution in [0.5, 0.6) is 0 Å². The number of amides is 2. The zero-order valence-corrected chi connectivity index (χ0v) is 16.4. The summed E-state index contributed by atoms with van der Waals surface area (Å²) in [6.45, 7) is 4.52. The lowest BCUT2D eigenvalue weighted by Gasteiger charge is -2.24. The van der Waals surface area contributed by atoms with Gasteiger partial charge in [0, 0.05) is 18.8 Å². The van der Waals surface area contributed by atoms with Crippen LogP contribution in [0.2, 0.25) is 0 Å². The number of anilines is 1. The molecule has 0 saturated carbocycles. The van der Waals surface area contributed by atoms with E-state index in [1.54, 1.807) is 4.90 Å². The van der Waals surface area contributed by atoms with E-state index in [4.69, 9.17) is 0 Å². The minimum atomic E-state index is -0.154. The van der Waals surface area contributed by atoms with Crippen molar-refractivity contribution in [3.05, 3.63) is 65.2 Å². The average molecular weight is 377 g/mol. The summed E-state index contributed by atoms with van der Waals surface area (Å²) in [6, 6.07) is 16.2. The predicted molar refractivity (Wildman–Crippen MR) is 110 cm³/mol. The van der Waals surface area contributed by atoms with Crippen LogP contribution in [0.15, 0.2) is 48.5 Å². The molecule has 5 heteroatoms. The number of aryl methyl sites for hydroxylation is 1. The number of benzene rings is 2. The molecule has 2 heterocycles. The molecule has 2 amide bonds. The number of para-hydroxylation sites is 1. The number of nitrogens with zero attached hydrogens (tertiary/aromatic N) is 2. The van der Waals surface area contributed by atoms with E-state index in [1.165, 1.54) is 16.7 Å². The standard InChI is InChI=1S/C23H27N3O2/c1-17-6-4-7-18(14-17)16-25-12-5-10-21(25)23(28)24-15-22(27)26-13-11-19-8-2-3-9-20(19)26/h2-4,6-9,14,21H,5,10-13,15-16H2,1H3,(H,24,28). The molecule has 1 fully saturated rings. The lowest BCUT2D eigenvalue weighted by atomic mass is 10.1. The summed E-state index contributed by atoms with van der Waals surface area (Å²) in [7, 11) is 0. The molecule has 2 aromatic carbocycles. The molecule has 146 valence electrons. The number of carbonyl (C=O) groups is 2. The highest BCUT2D eigenvalue weighted by Crippen LogP contribution is 2.27. The Hall–Kier alpha value is -2.66. The maximum atomic E-state index is 12.8. The normalized spacial score (nSPS) is 18.9. The molecule has 4 rings (SSSR count). The first-order valence-corrected chi connectivity index (χ1v) is 10.1. The van der Waals surface area contributed by atoms with Crippen LogP contribution in [-0.4, -0.2) is 42.4 Å². The smallest absolute Gasteiger partial charge is 0.246 e. The van der Waals surface area contributed by atoms with Crippen LogP contribution < -0.4 is 10.2 Å². The van der Waals surface area contributed by atoms with E-state index >= 15 is 0 Å². The summed E-state index contributed by atoms with van der Waals surface area (Å²) in [5, 5.41) is 2.89. The van der Waals surface area contributed by atoms with Crippen molar-refractivity contribution >= 4 is 17.5 Å².